The van der Waals surface area contributed by atoms with Gasteiger partial charge in [0.2, 0.25) is 0 Å². The van der Waals surface area contributed by atoms with Crippen molar-refractivity contribution in [1.29, 1.82) is 0 Å². The summed E-state index contributed by atoms with van der Waals surface area (Å²) in [6, 6.07) is 0.463. The molecule has 0 amide bonds. The van der Waals surface area contributed by atoms with E-state index >= 15 is 0 Å². The Labute approximate surface area is 58.4 Å². The van der Waals surface area contributed by atoms with Gasteiger partial charge in [-0.1, -0.05) is 7.43 Å². The summed E-state index contributed by atoms with van der Waals surface area (Å²) in [5.74, 6) is 0. The van der Waals surface area contributed by atoms with E-state index in [1.54, 1.807) is 0 Å². The molecular weight excluding hydrogens is 114 g/mol. The minimum absolute atomic E-state index is 0. The molecule has 0 rings (SSSR count). The van der Waals surface area contributed by atoms with Crippen LogP contribution in [0.3, 0.4) is 0 Å². The highest BCUT2D eigenvalue weighted by molar-refractivity contribution is 4.54. The standard InChI is InChI=1S/C6H15NO.CH4/c1-5(2)7(8)6(3)4;/h5-6,8H,1-4H3;1H4. The summed E-state index contributed by atoms with van der Waals surface area (Å²) in [6.07, 6.45) is 0. The molecule has 0 aromatic heterocycles. The second kappa shape index (κ2) is 4.77. The van der Waals surface area contributed by atoms with E-state index in [9.17, 15) is 0 Å². The summed E-state index contributed by atoms with van der Waals surface area (Å²) in [4.78, 5) is 0. The Hall–Kier alpha value is -0.0800. The molecule has 0 aliphatic heterocycles. The van der Waals surface area contributed by atoms with Gasteiger partial charge in [0.1, 0.15) is 0 Å². The Morgan fingerprint density at radius 1 is 1.00 bits per heavy atom. The Balaban J connectivity index is 0. The van der Waals surface area contributed by atoms with Gasteiger partial charge >= 0.3 is 0 Å². The van der Waals surface area contributed by atoms with Crippen molar-refractivity contribution in [3.8, 4) is 0 Å². The zero-order chi connectivity index (χ0) is 6.73. The molecule has 0 atom stereocenters. The quantitative estimate of drug-likeness (QED) is 0.583. The summed E-state index contributed by atoms with van der Waals surface area (Å²) >= 11 is 0. The van der Waals surface area contributed by atoms with Gasteiger partial charge in [-0.05, 0) is 27.7 Å². The predicted molar refractivity (Wildman–Crippen MR) is 40.6 cm³/mol. The fraction of sp³-hybridized carbons (Fsp3) is 1.00. The fourth-order valence-corrected chi connectivity index (χ4v) is 0.596. The Kier molecular flexibility index (Phi) is 6.19. The highest BCUT2D eigenvalue weighted by atomic mass is 16.5. The van der Waals surface area contributed by atoms with Crippen LogP contribution in [0, 0.1) is 0 Å². The van der Waals surface area contributed by atoms with Crippen molar-refractivity contribution in [2.24, 2.45) is 0 Å². The third-order valence-corrected chi connectivity index (χ3v) is 1.06. The molecule has 0 radical (unpaired) electrons. The summed E-state index contributed by atoms with van der Waals surface area (Å²) < 4.78 is 0. The van der Waals surface area contributed by atoms with Crippen molar-refractivity contribution in [2.45, 2.75) is 47.2 Å². The highest BCUT2D eigenvalue weighted by Gasteiger charge is 2.07. The maximum Gasteiger partial charge on any atom is 0.0296 e. The average molecular weight is 133 g/mol. The lowest BCUT2D eigenvalue weighted by atomic mass is 10.3. The first-order valence-corrected chi connectivity index (χ1v) is 3.03. The van der Waals surface area contributed by atoms with Gasteiger partial charge < -0.3 is 5.21 Å². The van der Waals surface area contributed by atoms with E-state index in [1.165, 1.54) is 5.06 Å². The Bertz CT molecular complexity index is 53.9. The summed E-state index contributed by atoms with van der Waals surface area (Å²) in [6.45, 7) is 7.83. The van der Waals surface area contributed by atoms with Gasteiger partial charge in [-0.25, -0.2) is 0 Å². The molecule has 0 unspecified atom stereocenters. The molecule has 58 valence electrons. The summed E-state index contributed by atoms with van der Waals surface area (Å²) in [7, 11) is 0. The van der Waals surface area contributed by atoms with Crippen molar-refractivity contribution < 1.29 is 5.21 Å². The second-order valence-electron chi connectivity index (χ2n) is 2.57. The van der Waals surface area contributed by atoms with Crippen LogP contribution < -0.4 is 0 Å². The SMILES string of the molecule is C.CC(C)N(O)C(C)C. The van der Waals surface area contributed by atoms with Crippen LogP contribution in [0.1, 0.15) is 35.1 Å². The molecule has 1 N–H and O–H groups in total. The zero-order valence-corrected chi connectivity index (χ0v) is 6.05. The maximum absolute atomic E-state index is 9.04. The van der Waals surface area contributed by atoms with E-state index in [1.807, 2.05) is 27.7 Å². The molecule has 0 saturated heterocycles. The van der Waals surface area contributed by atoms with E-state index in [2.05, 4.69) is 0 Å². The highest BCUT2D eigenvalue weighted by Crippen LogP contribution is 1.98. The Morgan fingerprint density at radius 2 is 1.22 bits per heavy atom. The molecule has 0 aliphatic rings. The van der Waals surface area contributed by atoms with Crippen molar-refractivity contribution in [2.75, 3.05) is 0 Å². The minimum Gasteiger partial charge on any atom is -0.313 e. The van der Waals surface area contributed by atoms with Gasteiger partial charge in [0.05, 0.1) is 0 Å². The molecule has 0 aromatic carbocycles. The van der Waals surface area contributed by atoms with Crippen LogP contribution in [0.2, 0.25) is 0 Å². The van der Waals surface area contributed by atoms with Crippen molar-refractivity contribution in [3.63, 3.8) is 0 Å². The van der Waals surface area contributed by atoms with Gasteiger partial charge in [0, 0.05) is 12.1 Å². The molecular formula is C7H19NO. The van der Waals surface area contributed by atoms with Crippen molar-refractivity contribution in [3.05, 3.63) is 0 Å². The Morgan fingerprint density at radius 3 is 1.22 bits per heavy atom. The molecule has 0 spiro atoms. The van der Waals surface area contributed by atoms with Crippen LogP contribution in [0.25, 0.3) is 0 Å². The molecule has 0 aromatic rings. The molecule has 0 saturated carbocycles. The summed E-state index contributed by atoms with van der Waals surface area (Å²) in [5, 5.41) is 10.4. The molecule has 0 fully saturated rings. The molecule has 0 aliphatic carbocycles. The number of hydrogen-bond acceptors (Lipinski definition) is 2. The van der Waals surface area contributed by atoms with Crippen molar-refractivity contribution >= 4 is 0 Å². The van der Waals surface area contributed by atoms with Gasteiger partial charge in [-0.2, -0.15) is 5.06 Å². The van der Waals surface area contributed by atoms with Crippen LogP contribution in [0.4, 0.5) is 0 Å². The normalized spacial score (nSPS) is 10.7. The fourth-order valence-electron chi connectivity index (χ4n) is 0.596. The topological polar surface area (TPSA) is 23.5 Å². The lowest BCUT2D eigenvalue weighted by Gasteiger charge is -2.22. The van der Waals surface area contributed by atoms with Crippen LogP contribution in [0.5, 0.6) is 0 Å². The molecule has 2 heteroatoms. The molecule has 0 bridgehead atoms. The van der Waals surface area contributed by atoms with E-state index in [0.717, 1.165) is 0 Å². The first-order valence-electron chi connectivity index (χ1n) is 3.03. The van der Waals surface area contributed by atoms with Gasteiger partial charge in [0.25, 0.3) is 0 Å². The lowest BCUT2D eigenvalue weighted by Crippen LogP contribution is -2.33. The smallest absolute Gasteiger partial charge is 0.0296 e. The second-order valence-corrected chi connectivity index (χ2v) is 2.57. The predicted octanol–water partition coefficient (Wildman–Crippen LogP) is 2.13. The van der Waals surface area contributed by atoms with E-state index < -0.39 is 0 Å². The zero-order valence-electron chi connectivity index (χ0n) is 6.05. The van der Waals surface area contributed by atoms with Gasteiger partial charge in [-0.3, -0.25) is 0 Å². The number of hydrogen-bond donors (Lipinski definition) is 1. The van der Waals surface area contributed by atoms with E-state index in [0.29, 0.717) is 0 Å². The average Bonchev–Trinajstić information content (AvgIpc) is 1.64. The first kappa shape index (κ1) is 11.7. The number of hydroxylamine groups is 2. The van der Waals surface area contributed by atoms with Crippen LogP contribution in [0.15, 0.2) is 0 Å². The third-order valence-electron chi connectivity index (χ3n) is 1.06. The molecule has 2 nitrogen and oxygen atoms in total. The van der Waals surface area contributed by atoms with E-state index in [-0.39, 0.29) is 19.5 Å². The molecule has 9 heavy (non-hydrogen) atoms. The largest absolute Gasteiger partial charge is 0.313 e. The van der Waals surface area contributed by atoms with Crippen LogP contribution in [-0.2, 0) is 0 Å². The van der Waals surface area contributed by atoms with Crippen LogP contribution in [-0.4, -0.2) is 22.4 Å². The number of nitrogens with zero attached hydrogens (tertiary/aromatic N) is 1. The minimum atomic E-state index is 0. The van der Waals surface area contributed by atoms with Crippen LogP contribution >= 0.6 is 0 Å². The first-order chi connectivity index (χ1) is 3.55. The van der Waals surface area contributed by atoms with E-state index in [4.69, 9.17) is 5.21 Å². The van der Waals surface area contributed by atoms with Crippen molar-refractivity contribution in [1.82, 2.24) is 5.06 Å². The third kappa shape index (κ3) is 4.43. The molecule has 0 heterocycles. The monoisotopic (exact) mass is 133 g/mol. The number of rotatable bonds is 2. The lowest BCUT2D eigenvalue weighted by molar-refractivity contribution is -0.141. The van der Waals surface area contributed by atoms with Gasteiger partial charge in [-0.15, -0.1) is 0 Å². The van der Waals surface area contributed by atoms with Gasteiger partial charge in [0.15, 0.2) is 0 Å². The summed E-state index contributed by atoms with van der Waals surface area (Å²) in [5.41, 5.74) is 0. The maximum atomic E-state index is 9.04.